The van der Waals surface area contributed by atoms with Crippen LogP contribution in [0.2, 0.25) is 5.02 Å². The van der Waals surface area contributed by atoms with Gasteiger partial charge in [0.1, 0.15) is 17.3 Å². The molecule has 1 aliphatic rings. The van der Waals surface area contributed by atoms with E-state index in [0.717, 1.165) is 6.54 Å². The highest BCUT2D eigenvalue weighted by Gasteiger charge is 2.25. The van der Waals surface area contributed by atoms with Gasteiger partial charge in [-0.1, -0.05) is 23.7 Å². The van der Waals surface area contributed by atoms with Crippen LogP contribution in [0.1, 0.15) is 10.6 Å². The van der Waals surface area contributed by atoms with E-state index < -0.39 is 10.8 Å². The lowest BCUT2D eigenvalue weighted by molar-refractivity contribution is -0.402. The lowest BCUT2D eigenvalue weighted by atomic mass is 10.3. The van der Waals surface area contributed by atoms with E-state index >= 15 is 0 Å². The molecule has 2 heterocycles. The summed E-state index contributed by atoms with van der Waals surface area (Å²) in [5.74, 6) is -0.108. The molecule has 0 saturated carbocycles. The Hall–Kier alpha value is -2.58. The van der Waals surface area contributed by atoms with Crippen LogP contribution in [0.15, 0.2) is 40.8 Å². The quantitative estimate of drug-likeness (QED) is 0.566. The third-order valence-corrected chi connectivity index (χ3v) is 4.46. The second-order valence-corrected chi connectivity index (χ2v) is 6.21. The number of carbonyl (C=O) groups excluding carboxylic acids is 1. The molecule has 26 heavy (non-hydrogen) atoms. The number of furan rings is 1. The monoisotopic (exact) mass is 379 g/mol. The van der Waals surface area contributed by atoms with Crippen LogP contribution < -0.4 is 4.74 Å². The first-order valence-electron chi connectivity index (χ1n) is 8.18. The van der Waals surface area contributed by atoms with Gasteiger partial charge in [-0.3, -0.25) is 19.8 Å². The van der Waals surface area contributed by atoms with Crippen LogP contribution >= 0.6 is 11.6 Å². The Kier molecular flexibility index (Phi) is 5.75. The molecular formula is C17H18ClN3O5. The van der Waals surface area contributed by atoms with Gasteiger partial charge in [0.25, 0.3) is 5.91 Å². The molecule has 9 heteroatoms. The average Bonchev–Trinajstić information content (AvgIpc) is 3.14. The predicted molar refractivity (Wildman–Crippen MR) is 94.7 cm³/mol. The Morgan fingerprint density at radius 3 is 2.58 bits per heavy atom. The number of rotatable bonds is 6. The van der Waals surface area contributed by atoms with E-state index in [1.54, 1.807) is 11.0 Å². The Labute approximate surface area is 155 Å². The predicted octanol–water partition coefficient (Wildman–Crippen LogP) is 2.68. The summed E-state index contributed by atoms with van der Waals surface area (Å²) in [7, 11) is 0. The van der Waals surface area contributed by atoms with Gasteiger partial charge >= 0.3 is 5.88 Å². The standard InChI is InChI=1S/C17H18ClN3O5/c18-13-3-1-2-4-14(13)25-12-11-19-7-9-20(10-8-19)17(22)15-5-6-16(26-15)21(23)24/h1-6H,7-12H2. The third-order valence-electron chi connectivity index (χ3n) is 4.14. The van der Waals surface area contributed by atoms with E-state index in [1.165, 1.54) is 12.1 Å². The number of para-hydroxylation sites is 1. The van der Waals surface area contributed by atoms with Gasteiger partial charge in [0.05, 0.1) is 11.1 Å². The molecule has 0 atom stereocenters. The lowest BCUT2D eigenvalue weighted by Gasteiger charge is -2.34. The molecule has 0 unspecified atom stereocenters. The molecule has 0 bridgehead atoms. The molecule has 8 nitrogen and oxygen atoms in total. The number of nitro groups is 1. The normalized spacial score (nSPS) is 15.0. The van der Waals surface area contributed by atoms with Crippen LogP contribution in [0.4, 0.5) is 5.88 Å². The fourth-order valence-electron chi connectivity index (χ4n) is 2.72. The molecule has 0 aliphatic carbocycles. The number of piperazine rings is 1. The highest BCUT2D eigenvalue weighted by Crippen LogP contribution is 2.23. The van der Waals surface area contributed by atoms with E-state index in [-0.39, 0.29) is 11.7 Å². The van der Waals surface area contributed by atoms with Gasteiger partial charge in [-0.25, -0.2) is 0 Å². The fourth-order valence-corrected chi connectivity index (χ4v) is 2.91. The van der Waals surface area contributed by atoms with Crippen molar-refractivity contribution in [2.75, 3.05) is 39.3 Å². The highest BCUT2D eigenvalue weighted by molar-refractivity contribution is 6.32. The number of hydrogen-bond donors (Lipinski definition) is 0. The van der Waals surface area contributed by atoms with Crippen molar-refractivity contribution in [2.24, 2.45) is 0 Å². The van der Waals surface area contributed by atoms with Crippen LogP contribution in [0.25, 0.3) is 0 Å². The summed E-state index contributed by atoms with van der Waals surface area (Å²) in [5, 5.41) is 11.2. The lowest BCUT2D eigenvalue weighted by Crippen LogP contribution is -2.49. The second kappa shape index (κ2) is 8.20. The van der Waals surface area contributed by atoms with E-state index in [4.69, 9.17) is 20.8 Å². The van der Waals surface area contributed by atoms with E-state index in [0.29, 0.717) is 43.6 Å². The summed E-state index contributed by atoms with van der Waals surface area (Å²) < 4.78 is 10.7. The summed E-state index contributed by atoms with van der Waals surface area (Å²) >= 11 is 6.05. The molecule has 0 spiro atoms. The van der Waals surface area contributed by atoms with Gasteiger partial charge in [0.2, 0.25) is 0 Å². The van der Waals surface area contributed by atoms with Crippen molar-refractivity contribution in [1.82, 2.24) is 9.80 Å². The molecule has 0 radical (unpaired) electrons. The van der Waals surface area contributed by atoms with Gasteiger partial charge in [-0.2, -0.15) is 0 Å². The number of hydrogen-bond acceptors (Lipinski definition) is 6. The van der Waals surface area contributed by atoms with Crippen molar-refractivity contribution in [1.29, 1.82) is 0 Å². The Balaban J connectivity index is 1.44. The molecule has 1 amide bonds. The van der Waals surface area contributed by atoms with Crippen LogP contribution in [-0.2, 0) is 0 Å². The Morgan fingerprint density at radius 1 is 1.19 bits per heavy atom. The fraction of sp³-hybridized carbons (Fsp3) is 0.353. The molecule has 0 N–H and O–H groups in total. The first kappa shape index (κ1) is 18.2. The maximum atomic E-state index is 12.3. The molecule has 1 aliphatic heterocycles. The van der Waals surface area contributed by atoms with Crippen molar-refractivity contribution in [2.45, 2.75) is 0 Å². The molecule has 138 valence electrons. The van der Waals surface area contributed by atoms with Gasteiger partial charge < -0.3 is 14.1 Å². The molecular weight excluding hydrogens is 362 g/mol. The number of ether oxygens (including phenoxy) is 1. The summed E-state index contributed by atoms with van der Waals surface area (Å²) in [5.41, 5.74) is 0. The van der Waals surface area contributed by atoms with Crippen LogP contribution in [0, 0.1) is 10.1 Å². The highest BCUT2D eigenvalue weighted by atomic mass is 35.5. The Morgan fingerprint density at radius 2 is 1.92 bits per heavy atom. The van der Waals surface area contributed by atoms with Crippen molar-refractivity contribution in [3.63, 3.8) is 0 Å². The molecule has 2 aromatic rings. The number of carbonyl (C=O) groups is 1. The second-order valence-electron chi connectivity index (χ2n) is 5.81. The smallest absolute Gasteiger partial charge is 0.433 e. The van der Waals surface area contributed by atoms with Gasteiger partial charge in [-0.15, -0.1) is 0 Å². The van der Waals surface area contributed by atoms with Crippen molar-refractivity contribution in [3.8, 4) is 5.75 Å². The van der Waals surface area contributed by atoms with Crippen molar-refractivity contribution < 1.29 is 18.9 Å². The summed E-state index contributed by atoms with van der Waals surface area (Å²) in [6.45, 7) is 3.67. The maximum absolute atomic E-state index is 12.3. The summed E-state index contributed by atoms with van der Waals surface area (Å²) in [6.07, 6.45) is 0. The number of benzene rings is 1. The zero-order chi connectivity index (χ0) is 18.5. The van der Waals surface area contributed by atoms with E-state index in [1.807, 2.05) is 18.2 Å². The minimum atomic E-state index is -0.659. The molecule has 3 rings (SSSR count). The van der Waals surface area contributed by atoms with Gasteiger partial charge in [-0.05, 0) is 18.2 Å². The van der Waals surface area contributed by atoms with E-state index in [9.17, 15) is 14.9 Å². The van der Waals surface area contributed by atoms with Crippen LogP contribution in [-0.4, -0.2) is 60.0 Å². The topological polar surface area (TPSA) is 89.1 Å². The van der Waals surface area contributed by atoms with Crippen LogP contribution in [0.3, 0.4) is 0 Å². The number of nitrogens with zero attached hydrogens (tertiary/aromatic N) is 3. The van der Waals surface area contributed by atoms with Crippen LogP contribution in [0.5, 0.6) is 5.75 Å². The average molecular weight is 380 g/mol. The number of amides is 1. The summed E-state index contributed by atoms with van der Waals surface area (Å²) in [4.78, 5) is 26.1. The molecule has 1 aromatic heterocycles. The molecule has 1 saturated heterocycles. The SMILES string of the molecule is O=C(c1ccc([N+](=O)[O-])o1)N1CCN(CCOc2ccccc2Cl)CC1. The van der Waals surface area contributed by atoms with Crippen molar-refractivity contribution >= 4 is 23.4 Å². The van der Waals surface area contributed by atoms with Gasteiger partial charge in [0.15, 0.2) is 5.76 Å². The minimum absolute atomic E-state index is 0.00722. The molecule has 1 aromatic carbocycles. The van der Waals surface area contributed by atoms with Crippen molar-refractivity contribution in [3.05, 3.63) is 57.3 Å². The first-order chi connectivity index (χ1) is 12.5. The maximum Gasteiger partial charge on any atom is 0.433 e. The molecule has 1 fully saturated rings. The Bertz CT molecular complexity index is 786. The zero-order valence-corrected chi connectivity index (χ0v) is 14.7. The third kappa shape index (κ3) is 4.33. The minimum Gasteiger partial charge on any atom is -0.491 e. The zero-order valence-electron chi connectivity index (χ0n) is 14.0. The number of halogens is 1. The first-order valence-corrected chi connectivity index (χ1v) is 8.55. The van der Waals surface area contributed by atoms with Gasteiger partial charge in [0, 0.05) is 32.7 Å². The largest absolute Gasteiger partial charge is 0.491 e. The van der Waals surface area contributed by atoms with E-state index in [2.05, 4.69) is 4.90 Å². The summed E-state index contributed by atoms with van der Waals surface area (Å²) in [6, 6.07) is 9.84.